The van der Waals surface area contributed by atoms with E-state index in [1.165, 1.54) is 5.56 Å². The minimum atomic E-state index is 0.501. The molecule has 0 radical (unpaired) electrons. The van der Waals surface area contributed by atoms with Gasteiger partial charge >= 0.3 is 0 Å². The van der Waals surface area contributed by atoms with Gasteiger partial charge in [-0.2, -0.15) is 0 Å². The molecular formula is C15H17BrCl2N2. The van der Waals surface area contributed by atoms with Crippen molar-refractivity contribution in [2.75, 3.05) is 11.9 Å². The van der Waals surface area contributed by atoms with Crippen LogP contribution < -0.4 is 5.32 Å². The van der Waals surface area contributed by atoms with E-state index in [0.717, 1.165) is 46.1 Å². The average Bonchev–Trinajstić information content (AvgIpc) is 2.43. The molecule has 0 unspecified atom stereocenters. The van der Waals surface area contributed by atoms with Gasteiger partial charge in [0.2, 0.25) is 0 Å². The number of aromatic nitrogens is 1. The van der Waals surface area contributed by atoms with Gasteiger partial charge in [-0.25, -0.2) is 0 Å². The summed E-state index contributed by atoms with van der Waals surface area (Å²) in [5.74, 6) is 0. The molecule has 2 aromatic rings. The molecule has 0 amide bonds. The second kappa shape index (κ2) is 6.50. The van der Waals surface area contributed by atoms with Crippen LogP contribution in [0.15, 0.2) is 10.5 Å². The molecule has 0 aliphatic heterocycles. The largest absolute Gasteiger partial charge is 0.384 e. The number of fused-ring (bicyclic) bond motifs is 1. The first-order chi connectivity index (χ1) is 9.51. The zero-order chi connectivity index (χ0) is 14.9. The highest BCUT2D eigenvalue weighted by Crippen LogP contribution is 2.40. The van der Waals surface area contributed by atoms with Crippen LogP contribution in [0.4, 0.5) is 5.69 Å². The third kappa shape index (κ3) is 2.76. The molecule has 2 rings (SSSR count). The van der Waals surface area contributed by atoms with Crippen molar-refractivity contribution in [2.24, 2.45) is 0 Å². The van der Waals surface area contributed by atoms with Crippen molar-refractivity contribution in [3.05, 3.63) is 31.8 Å². The van der Waals surface area contributed by atoms with Crippen LogP contribution in [0.5, 0.6) is 0 Å². The number of hydrogen-bond donors (Lipinski definition) is 1. The van der Waals surface area contributed by atoms with Crippen LogP contribution in [0.3, 0.4) is 0 Å². The molecule has 0 fully saturated rings. The third-order valence-corrected chi connectivity index (χ3v) is 5.04. The molecule has 108 valence electrons. The van der Waals surface area contributed by atoms with Crippen molar-refractivity contribution < 1.29 is 0 Å². The van der Waals surface area contributed by atoms with Crippen LogP contribution in [-0.4, -0.2) is 11.5 Å². The zero-order valence-corrected chi connectivity index (χ0v) is 14.9. The highest BCUT2D eigenvalue weighted by Gasteiger charge is 2.16. The van der Waals surface area contributed by atoms with E-state index in [4.69, 9.17) is 23.2 Å². The molecule has 1 aromatic heterocycles. The summed E-state index contributed by atoms with van der Waals surface area (Å²) >= 11 is 16.0. The fraction of sp³-hybridized carbons (Fsp3) is 0.400. The van der Waals surface area contributed by atoms with Gasteiger partial charge in [-0.1, -0.05) is 37.0 Å². The van der Waals surface area contributed by atoms with Crippen LogP contribution in [0.2, 0.25) is 10.0 Å². The van der Waals surface area contributed by atoms with Gasteiger partial charge < -0.3 is 5.32 Å². The van der Waals surface area contributed by atoms with Crippen molar-refractivity contribution in [1.29, 1.82) is 0 Å². The minimum Gasteiger partial charge on any atom is -0.384 e. The Morgan fingerprint density at radius 2 is 1.95 bits per heavy atom. The van der Waals surface area contributed by atoms with Gasteiger partial charge in [0.1, 0.15) is 0 Å². The number of anilines is 1. The van der Waals surface area contributed by atoms with Crippen LogP contribution in [0.25, 0.3) is 10.9 Å². The molecule has 0 atom stereocenters. The first-order valence-corrected chi connectivity index (χ1v) is 8.26. The number of aryl methyl sites for hydroxylation is 1. The Hall–Kier alpha value is -0.510. The number of benzene rings is 1. The number of halogens is 3. The van der Waals surface area contributed by atoms with Gasteiger partial charge in [0, 0.05) is 27.8 Å². The standard InChI is InChI=1S/C15H17BrCl2N2/c1-4-6-19-14-9(5-2)8(3)20-15-10(14)7-11(16)12(17)13(15)18/h7H,4-6H2,1-3H3,(H,19,20). The Bertz CT molecular complexity index is 656. The molecule has 5 heteroatoms. The lowest BCUT2D eigenvalue weighted by Crippen LogP contribution is -2.06. The Balaban J connectivity index is 2.82. The third-order valence-electron chi connectivity index (χ3n) is 3.33. The molecule has 0 spiro atoms. The second-order valence-corrected chi connectivity index (χ2v) is 6.32. The summed E-state index contributed by atoms with van der Waals surface area (Å²) < 4.78 is 0.795. The highest BCUT2D eigenvalue weighted by atomic mass is 79.9. The Labute approximate surface area is 138 Å². The number of nitrogens with one attached hydrogen (secondary N) is 1. The monoisotopic (exact) mass is 374 g/mol. The van der Waals surface area contributed by atoms with Gasteiger partial charge in [-0.15, -0.1) is 0 Å². The molecule has 1 heterocycles. The fourth-order valence-electron chi connectivity index (χ4n) is 2.35. The summed E-state index contributed by atoms with van der Waals surface area (Å²) in [6.07, 6.45) is 1.99. The van der Waals surface area contributed by atoms with E-state index in [1.54, 1.807) is 0 Å². The molecule has 2 nitrogen and oxygen atoms in total. The number of hydrogen-bond acceptors (Lipinski definition) is 2. The summed E-state index contributed by atoms with van der Waals surface area (Å²) in [7, 11) is 0. The van der Waals surface area contributed by atoms with Crippen LogP contribution in [0.1, 0.15) is 31.5 Å². The Morgan fingerprint density at radius 3 is 2.55 bits per heavy atom. The minimum absolute atomic E-state index is 0.501. The average molecular weight is 376 g/mol. The van der Waals surface area contributed by atoms with E-state index >= 15 is 0 Å². The van der Waals surface area contributed by atoms with E-state index in [-0.39, 0.29) is 0 Å². The quantitative estimate of drug-likeness (QED) is 0.663. The molecule has 0 aliphatic rings. The molecule has 1 aromatic carbocycles. The number of rotatable bonds is 4. The Morgan fingerprint density at radius 1 is 1.25 bits per heavy atom. The van der Waals surface area contributed by atoms with Crippen LogP contribution >= 0.6 is 39.1 Å². The lowest BCUT2D eigenvalue weighted by atomic mass is 10.0. The fourth-order valence-corrected chi connectivity index (χ4v) is 3.28. The zero-order valence-electron chi connectivity index (χ0n) is 11.8. The van der Waals surface area contributed by atoms with Gasteiger partial charge in [0.15, 0.2) is 0 Å². The summed E-state index contributed by atoms with van der Waals surface area (Å²) in [5, 5.41) is 5.54. The van der Waals surface area contributed by atoms with Crippen molar-refractivity contribution in [1.82, 2.24) is 4.98 Å². The van der Waals surface area contributed by atoms with Crippen molar-refractivity contribution in [3.8, 4) is 0 Å². The first kappa shape index (κ1) is 15.9. The maximum absolute atomic E-state index is 6.35. The van der Waals surface area contributed by atoms with E-state index < -0.39 is 0 Å². The summed E-state index contributed by atoms with van der Waals surface area (Å²) in [6.45, 7) is 7.22. The van der Waals surface area contributed by atoms with Crippen molar-refractivity contribution in [3.63, 3.8) is 0 Å². The lowest BCUT2D eigenvalue weighted by molar-refractivity contribution is 0.969. The van der Waals surface area contributed by atoms with Gasteiger partial charge in [0.25, 0.3) is 0 Å². The van der Waals surface area contributed by atoms with Gasteiger partial charge in [-0.05, 0) is 47.3 Å². The maximum Gasteiger partial charge on any atom is 0.0928 e. The molecule has 0 saturated carbocycles. The van der Waals surface area contributed by atoms with Crippen molar-refractivity contribution >= 4 is 55.7 Å². The van der Waals surface area contributed by atoms with E-state index in [0.29, 0.717) is 10.0 Å². The smallest absolute Gasteiger partial charge is 0.0928 e. The van der Waals surface area contributed by atoms with E-state index in [1.807, 2.05) is 13.0 Å². The predicted molar refractivity (Wildman–Crippen MR) is 92.4 cm³/mol. The maximum atomic E-state index is 6.35. The summed E-state index contributed by atoms with van der Waals surface area (Å²) in [4.78, 5) is 4.64. The Kier molecular flexibility index (Phi) is 5.16. The normalized spacial score (nSPS) is 11.1. The van der Waals surface area contributed by atoms with E-state index in [2.05, 4.69) is 40.1 Å². The lowest BCUT2D eigenvalue weighted by Gasteiger charge is -2.17. The number of nitrogens with zero attached hydrogens (tertiary/aromatic N) is 1. The second-order valence-electron chi connectivity index (χ2n) is 4.71. The molecule has 20 heavy (non-hydrogen) atoms. The summed E-state index contributed by atoms with van der Waals surface area (Å²) in [6, 6.07) is 1.99. The highest BCUT2D eigenvalue weighted by molar-refractivity contribution is 9.10. The van der Waals surface area contributed by atoms with Crippen LogP contribution in [-0.2, 0) is 6.42 Å². The molecule has 1 N–H and O–H groups in total. The molecular weight excluding hydrogens is 359 g/mol. The SMILES string of the molecule is CCCNc1c(CC)c(C)nc2c(Cl)c(Cl)c(Br)cc12. The van der Waals surface area contributed by atoms with Gasteiger partial charge in [0.05, 0.1) is 15.6 Å². The van der Waals surface area contributed by atoms with Crippen molar-refractivity contribution in [2.45, 2.75) is 33.6 Å². The van der Waals surface area contributed by atoms with Crippen LogP contribution in [0, 0.1) is 6.92 Å². The van der Waals surface area contributed by atoms with E-state index in [9.17, 15) is 0 Å². The molecule has 0 aliphatic carbocycles. The first-order valence-electron chi connectivity index (χ1n) is 6.71. The predicted octanol–water partition coefficient (Wildman–Crippen LogP) is 6.00. The molecule has 0 saturated heterocycles. The van der Waals surface area contributed by atoms with Gasteiger partial charge in [-0.3, -0.25) is 4.98 Å². The summed E-state index contributed by atoms with van der Waals surface area (Å²) in [5.41, 5.74) is 4.11. The molecule has 0 bridgehead atoms. The number of pyridine rings is 1. The topological polar surface area (TPSA) is 24.9 Å².